The van der Waals surface area contributed by atoms with Crippen LogP contribution in [0.4, 0.5) is 9.59 Å². The topological polar surface area (TPSA) is 197 Å². The molecule has 15 heteroatoms. The molecule has 2 unspecified atom stereocenters. The number of carbonyl (C=O) groups is 6. The van der Waals surface area contributed by atoms with Gasteiger partial charge in [-0.2, -0.15) is 11.3 Å². The lowest BCUT2D eigenvalue weighted by atomic mass is 10.0. The molecule has 4 rings (SSSR count). The number of rotatable bonds is 10. The number of nitrogens with zero attached hydrogens (tertiary/aromatic N) is 1. The SMILES string of the molecule is NC(=O)OCC1=C(C(=O)O)N2C(=O)C(NC(=O)C(NC(=O)NCC(=O)c3ccsc3)c3ccccc3)[C@@H]2SC1. The summed E-state index contributed by atoms with van der Waals surface area (Å²) in [6.45, 7) is -0.673. The van der Waals surface area contributed by atoms with Gasteiger partial charge in [-0.3, -0.25) is 19.3 Å². The van der Waals surface area contributed by atoms with E-state index in [1.807, 2.05) is 0 Å². The number of amides is 5. The zero-order valence-corrected chi connectivity index (χ0v) is 21.8. The highest BCUT2D eigenvalue weighted by Gasteiger charge is 2.54. The summed E-state index contributed by atoms with van der Waals surface area (Å²) in [4.78, 5) is 74.8. The summed E-state index contributed by atoms with van der Waals surface area (Å²) in [6.07, 6.45) is -1.08. The molecule has 2 aromatic rings. The summed E-state index contributed by atoms with van der Waals surface area (Å²) in [5.41, 5.74) is 5.70. The molecule has 0 spiro atoms. The van der Waals surface area contributed by atoms with Crippen LogP contribution in [0.15, 0.2) is 58.4 Å². The maximum absolute atomic E-state index is 13.3. The standard InChI is InChI=1S/C24H23N5O8S2/c25-23(35)37-9-14-11-39-21-17(20(32)29(21)18(14)22(33)34)27-19(31)16(12-4-2-1-3-5-12)28-24(36)26-8-15(30)13-6-7-38-10-13/h1-7,10,16-17,21H,8-9,11H2,(H2,25,35)(H,27,31)(H,33,34)(H2,26,28,36)/t16?,17?,21-/m0/s1. The molecule has 2 aliphatic heterocycles. The Kier molecular flexibility index (Phi) is 8.51. The number of aliphatic carboxylic acids is 1. The van der Waals surface area contributed by atoms with Gasteiger partial charge in [0, 0.05) is 22.3 Å². The number of ketones is 1. The fourth-order valence-electron chi connectivity index (χ4n) is 4.00. The number of nitrogens with two attached hydrogens (primary N) is 1. The minimum atomic E-state index is -1.39. The molecule has 204 valence electrons. The van der Waals surface area contributed by atoms with Gasteiger partial charge in [-0.25, -0.2) is 14.4 Å². The van der Waals surface area contributed by atoms with E-state index in [4.69, 9.17) is 10.5 Å². The molecular weight excluding hydrogens is 550 g/mol. The van der Waals surface area contributed by atoms with Gasteiger partial charge < -0.3 is 31.5 Å². The summed E-state index contributed by atoms with van der Waals surface area (Å²) >= 11 is 2.53. The Balaban J connectivity index is 1.44. The Bertz CT molecular complexity index is 1330. The van der Waals surface area contributed by atoms with Crippen LogP contribution >= 0.6 is 23.1 Å². The monoisotopic (exact) mass is 573 g/mol. The number of hydrogen-bond donors (Lipinski definition) is 5. The quantitative estimate of drug-likeness (QED) is 0.202. The van der Waals surface area contributed by atoms with Crippen molar-refractivity contribution < 1.29 is 38.6 Å². The molecule has 39 heavy (non-hydrogen) atoms. The van der Waals surface area contributed by atoms with E-state index >= 15 is 0 Å². The first kappa shape index (κ1) is 27.7. The number of fused-ring (bicyclic) bond motifs is 1. The zero-order valence-electron chi connectivity index (χ0n) is 20.1. The van der Waals surface area contributed by atoms with Gasteiger partial charge in [0.1, 0.15) is 29.8 Å². The van der Waals surface area contributed by atoms with Crippen LogP contribution in [0.2, 0.25) is 0 Å². The molecule has 0 bridgehead atoms. The van der Waals surface area contributed by atoms with Gasteiger partial charge in [0.25, 0.3) is 5.91 Å². The third-order valence-electron chi connectivity index (χ3n) is 5.86. The molecule has 1 saturated heterocycles. The van der Waals surface area contributed by atoms with Gasteiger partial charge >= 0.3 is 18.1 Å². The second-order valence-electron chi connectivity index (χ2n) is 8.37. The summed E-state index contributed by atoms with van der Waals surface area (Å²) in [5.74, 6) is -2.95. The van der Waals surface area contributed by atoms with E-state index in [0.29, 0.717) is 11.1 Å². The van der Waals surface area contributed by atoms with E-state index in [-0.39, 0.29) is 36.0 Å². The molecule has 1 aromatic heterocycles. The number of primary amides is 1. The maximum atomic E-state index is 13.3. The van der Waals surface area contributed by atoms with Gasteiger partial charge in [-0.15, -0.1) is 11.8 Å². The van der Waals surface area contributed by atoms with Crippen LogP contribution in [0.3, 0.4) is 0 Å². The van der Waals surface area contributed by atoms with Gasteiger partial charge in [0.2, 0.25) is 5.91 Å². The van der Waals surface area contributed by atoms with E-state index < -0.39 is 47.4 Å². The maximum Gasteiger partial charge on any atom is 0.404 e. The van der Waals surface area contributed by atoms with Crippen molar-refractivity contribution in [3.8, 4) is 0 Å². The molecule has 6 N–H and O–H groups in total. The highest BCUT2D eigenvalue weighted by molar-refractivity contribution is 8.00. The predicted molar refractivity (Wildman–Crippen MR) is 140 cm³/mol. The Morgan fingerprint density at radius 2 is 1.90 bits per heavy atom. The fourth-order valence-corrected chi connectivity index (χ4v) is 5.99. The minimum absolute atomic E-state index is 0.122. The largest absolute Gasteiger partial charge is 0.477 e. The van der Waals surface area contributed by atoms with Crippen molar-refractivity contribution in [1.82, 2.24) is 20.9 Å². The molecule has 1 aromatic carbocycles. The van der Waals surface area contributed by atoms with Gasteiger partial charge in [-0.05, 0) is 17.0 Å². The zero-order chi connectivity index (χ0) is 28.1. The van der Waals surface area contributed by atoms with E-state index in [9.17, 15) is 33.9 Å². The summed E-state index contributed by atoms with van der Waals surface area (Å²) in [6, 6.07) is 6.87. The van der Waals surface area contributed by atoms with Crippen LogP contribution in [0, 0.1) is 0 Å². The first-order valence-electron chi connectivity index (χ1n) is 11.4. The highest BCUT2D eigenvalue weighted by atomic mass is 32.2. The Morgan fingerprint density at radius 3 is 2.54 bits per heavy atom. The average molecular weight is 574 g/mol. The number of benzene rings is 1. The van der Waals surface area contributed by atoms with Crippen molar-refractivity contribution in [2.45, 2.75) is 17.5 Å². The number of hydrogen-bond acceptors (Lipinski definition) is 9. The van der Waals surface area contributed by atoms with Crippen LogP contribution in [0.25, 0.3) is 0 Å². The van der Waals surface area contributed by atoms with Gasteiger partial charge in [-0.1, -0.05) is 30.3 Å². The molecule has 3 heterocycles. The lowest BCUT2D eigenvalue weighted by Crippen LogP contribution is -2.71. The first-order chi connectivity index (χ1) is 18.7. The molecule has 3 atom stereocenters. The van der Waals surface area contributed by atoms with Gasteiger partial charge in [0.15, 0.2) is 5.78 Å². The number of thioether (sulfide) groups is 1. The van der Waals surface area contributed by atoms with Crippen LogP contribution in [0.5, 0.6) is 0 Å². The Labute approximate surface area is 229 Å². The molecule has 0 aliphatic carbocycles. The summed E-state index contributed by atoms with van der Waals surface area (Å²) in [5, 5.41) is 19.9. The average Bonchev–Trinajstić information content (AvgIpc) is 3.47. The van der Waals surface area contributed by atoms with E-state index in [2.05, 4.69) is 16.0 Å². The van der Waals surface area contributed by atoms with E-state index in [1.54, 1.807) is 47.2 Å². The van der Waals surface area contributed by atoms with Crippen molar-refractivity contribution in [2.24, 2.45) is 5.73 Å². The van der Waals surface area contributed by atoms with Gasteiger partial charge in [0.05, 0.1) is 6.54 Å². The van der Waals surface area contributed by atoms with Crippen LogP contribution in [-0.4, -0.2) is 76.0 Å². The number of thiophene rings is 1. The third-order valence-corrected chi connectivity index (χ3v) is 7.88. The van der Waals surface area contributed by atoms with Crippen molar-refractivity contribution in [3.05, 3.63) is 69.6 Å². The number of Topliss-reactive ketones (excluding diaryl/α,β-unsaturated/α-hetero) is 1. The lowest BCUT2D eigenvalue weighted by Gasteiger charge is -2.49. The molecule has 1 fully saturated rings. The van der Waals surface area contributed by atoms with Crippen molar-refractivity contribution in [1.29, 1.82) is 0 Å². The molecular formula is C24H23N5O8S2. The lowest BCUT2D eigenvalue weighted by molar-refractivity contribution is -0.151. The fraction of sp³-hybridized carbons (Fsp3) is 0.250. The van der Waals surface area contributed by atoms with Crippen molar-refractivity contribution >= 4 is 58.8 Å². The molecule has 13 nitrogen and oxygen atoms in total. The smallest absolute Gasteiger partial charge is 0.404 e. The number of carboxylic acids is 1. The van der Waals surface area contributed by atoms with Crippen LogP contribution < -0.4 is 21.7 Å². The second kappa shape index (κ2) is 12.0. The normalized spacial score (nSPS) is 18.8. The van der Waals surface area contributed by atoms with Crippen LogP contribution in [-0.2, 0) is 19.1 Å². The predicted octanol–water partition coefficient (Wildman–Crippen LogP) is 0.805. The number of carbonyl (C=O) groups excluding carboxylic acids is 5. The number of β-lactam (4-membered cyclic amide) rings is 1. The van der Waals surface area contributed by atoms with E-state index in [1.165, 1.54) is 23.1 Å². The Morgan fingerprint density at radius 1 is 1.15 bits per heavy atom. The van der Waals surface area contributed by atoms with E-state index in [0.717, 1.165) is 4.90 Å². The first-order valence-corrected chi connectivity index (χ1v) is 13.4. The molecule has 0 radical (unpaired) electrons. The molecule has 0 saturated carbocycles. The summed E-state index contributed by atoms with van der Waals surface area (Å²) < 4.78 is 4.70. The van der Waals surface area contributed by atoms with Crippen molar-refractivity contribution in [3.63, 3.8) is 0 Å². The van der Waals surface area contributed by atoms with Crippen molar-refractivity contribution in [2.75, 3.05) is 18.9 Å². The number of carboxylic acid groups (broad SMARTS) is 1. The summed E-state index contributed by atoms with van der Waals surface area (Å²) in [7, 11) is 0. The third kappa shape index (κ3) is 6.21. The highest BCUT2D eigenvalue weighted by Crippen LogP contribution is 2.40. The second-order valence-corrected chi connectivity index (χ2v) is 10.3. The number of ether oxygens (including phenoxy) is 1. The van der Waals surface area contributed by atoms with Crippen LogP contribution in [0.1, 0.15) is 22.0 Å². The minimum Gasteiger partial charge on any atom is -0.477 e. The number of nitrogens with one attached hydrogen (secondary N) is 3. The Hall–Kier alpha value is -4.37. The molecule has 5 amide bonds. The number of urea groups is 1. The molecule has 2 aliphatic rings.